The van der Waals surface area contributed by atoms with Crippen LogP contribution in [0.5, 0.6) is 0 Å². The third kappa shape index (κ3) is 1.70. The van der Waals surface area contributed by atoms with Gasteiger partial charge in [-0.15, -0.1) is 0 Å². The molecule has 0 radical (unpaired) electrons. The molecule has 1 atom stereocenters. The molecule has 0 saturated heterocycles. The Morgan fingerprint density at radius 2 is 2.45 bits per heavy atom. The highest BCUT2D eigenvalue weighted by Gasteiger charge is 2.23. The van der Waals surface area contributed by atoms with E-state index in [1.807, 2.05) is 6.19 Å². The predicted molar refractivity (Wildman–Crippen MR) is 44.0 cm³/mol. The Bertz CT molecular complexity index is 200. The van der Waals surface area contributed by atoms with Crippen molar-refractivity contribution in [2.24, 2.45) is 16.8 Å². The maximum atomic E-state index is 8.38. The van der Waals surface area contributed by atoms with E-state index in [0.717, 1.165) is 18.8 Å². The van der Waals surface area contributed by atoms with Crippen LogP contribution < -0.4 is 5.32 Å². The van der Waals surface area contributed by atoms with Crippen LogP contribution in [0.15, 0.2) is 4.99 Å². The van der Waals surface area contributed by atoms with Crippen LogP contribution in [0, 0.1) is 23.3 Å². The molecule has 0 aromatic carbocycles. The van der Waals surface area contributed by atoms with Crippen molar-refractivity contribution < 1.29 is 0 Å². The third-order valence-electron chi connectivity index (χ3n) is 2.06. The van der Waals surface area contributed by atoms with Gasteiger partial charge in [0.05, 0.1) is 0 Å². The molecule has 1 rings (SSSR count). The lowest BCUT2D eigenvalue weighted by Gasteiger charge is -2.14. The zero-order chi connectivity index (χ0) is 8.27. The van der Waals surface area contributed by atoms with Crippen molar-refractivity contribution in [3.8, 4) is 6.19 Å². The summed E-state index contributed by atoms with van der Waals surface area (Å²) in [6.07, 6.45) is 3.00. The second-order valence-electron chi connectivity index (χ2n) is 3.14. The van der Waals surface area contributed by atoms with Gasteiger partial charge in [-0.25, -0.2) is 0 Å². The van der Waals surface area contributed by atoms with E-state index in [2.05, 4.69) is 24.2 Å². The Balaban J connectivity index is 2.57. The molecule has 0 amide bonds. The van der Waals surface area contributed by atoms with Crippen LogP contribution in [0.25, 0.3) is 0 Å². The molecule has 1 unspecified atom stereocenters. The molecule has 1 heterocycles. The first kappa shape index (κ1) is 8.06. The number of nitriles is 1. The van der Waals surface area contributed by atoms with Gasteiger partial charge in [-0.05, 0) is 12.3 Å². The molecule has 60 valence electrons. The summed E-state index contributed by atoms with van der Waals surface area (Å²) >= 11 is 0. The van der Waals surface area contributed by atoms with Crippen molar-refractivity contribution in [3.63, 3.8) is 0 Å². The van der Waals surface area contributed by atoms with Crippen molar-refractivity contribution in [2.45, 2.75) is 20.3 Å². The number of hydrogen-bond acceptors (Lipinski definition) is 3. The zero-order valence-corrected chi connectivity index (χ0v) is 6.96. The van der Waals surface area contributed by atoms with E-state index >= 15 is 0 Å². The molecule has 0 aliphatic carbocycles. The van der Waals surface area contributed by atoms with Crippen molar-refractivity contribution >= 4 is 5.84 Å². The highest BCUT2D eigenvalue weighted by atomic mass is 15.0. The molecule has 0 aromatic heterocycles. The lowest BCUT2D eigenvalue weighted by molar-refractivity contribution is 0.486. The van der Waals surface area contributed by atoms with E-state index in [1.165, 1.54) is 0 Å². The largest absolute Gasteiger partial charge is 0.280 e. The fraction of sp³-hybridized carbons (Fsp3) is 0.750. The Kier molecular flexibility index (Phi) is 2.48. The highest BCUT2D eigenvalue weighted by Crippen LogP contribution is 2.20. The minimum Gasteiger partial charge on any atom is -0.280 e. The smallest absolute Gasteiger partial charge is 0.182 e. The summed E-state index contributed by atoms with van der Waals surface area (Å²) in [5, 5.41) is 11.0. The molecular weight excluding hydrogens is 138 g/mol. The average Bonchev–Trinajstić information content (AvgIpc) is 2.36. The molecule has 3 heteroatoms. The van der Waals surface area contributed by atoms with Crippen LogP contribution in [0.4, 0.5) is 0 Å². The lowest BCUT2D eigenvalue weighted by atomic mass is 9.93. The van der Waals surface area contributed by atoms with E-state index in [4.69, 9.17) is 5.26 Å². The Morgan fingerprint density at radius 3 is 3.00 bits per heavy atom. The van der Waals surface area contributed by atoms with Gasteiger partial charge in [0.25, 0.3) is 0 Å². The predicted octanol–water partition coefficient (Wildman–Crippen LogP) is 1.13. The summed E-state index contributed by atoms with van der Waals surface area (Å²) in [5.41, 5.74) is 0. The zero-order valence-electron chi connectivity index (χ0n) is 6.96. The van der Waals surface area contributed by atoms with Crippen molar-refractivity contribution in [3.05, 3.63) is 0 Å². The van der Waals surface area contributed by atoms with Crippen molar-refractivity contribution in [1.82, 2.24) is 5.32 Å². The fourth-order valence-electron chi connectivity index (χ4n) is 1.42. The van der Waals surface area contributed by atoms with Crippen LogP contribution in [0.2, 0.25) is 0 Å². The monoisotopic (exact) mass is 151 g/mol. The normalized spacial score (nSPS) is 23.1. The van der Waals surface area contributed by atoms with Gasteiger partial charge in [-0.2, -0.15) is 5.26 Å². The summed E-state index contributed by atoms with van der Waals surface area (Å²) in [7, 11) is 0. The minimum atomic E-state index is 0.467. The molecule has 1 N–H and O–H groups in total. The number of nitrogens with zero attached hydrogens (tertiary/aromatic N) is 2. The van der Waals surface area contributed by atoms with E-state index in [9.17, 15) is 0 Å². The molecular formula is C8H13N3. The Morgan fingerprint density at radius 1 is 1.73 bits per heavy atom. The summed E-state index contributed by atoms with van der Waals surface area (Å²) in [6, 6.07) is 0. The van der Waals surface area contributed by atoms with Gasteiger partial charge in [0.2, 0.25) is 0 Å². The molecule has 0 spiro atoms. The minimum absolute atomic E-state index is 0.467. The quantitative estimate of drug-likeness (QED) is 0.451. The summed E-state index contributed by atoms with van der Waals surface area (Å²) in [6.45, 7) is 5.18. The first-order valence-corrected chi connectivity index (χ1v) is 3.95. The van der Waals surface area contributed by atoms with Crippen LogP contribution in [0.3, 0.4) is 0 Å². The lowest BCUT2D eigenvalue weighted by Crippen LogP contribution is -2.27. The molecule has 11 heavy (non-hydrogen) atoms. The molecule has 0 bridgehead atoms. The first-order chi connectivity index (χ1) is 5.25. The van der Waals surface area contributed by atoms with Crippen LogP contribution in [0.1, 0.15) is 20.3 Å². The molecule has 3 nitrogen and oxygen atoms in total. The number of aliphatic imine (C=N–C) groups is 1. The molecule has 1 aliphatic heterocycles. The van der Waals surface area contributed by atoms with Gasteiger partial charge in [0, 0.05) is 12.5 Å². The third-order valence-corrected chi connectivity index (χ3v) is 2.06. The van der Waals surface area contributed by atoms with Crippen LogP contribution in [-0.4, -0.2) is 12.4 Å². The molecule has 0 saturated carbocycles. The van der Waals surface area contributed by atoms with Crippen LogP contribution in [-0.2, 0) is 0 Å². The van der Waals surface area contributed by atoms with Gasteiger partial charge < -0.3 is 0 Å². The maximum Gasteiger partial charge on any atom is 0.182 e. The SMILES string of the molecule is CC(C)C1CCN=C1NC#N. The average molecular weight is 151 g/mol. The van der Waals surface area contributed by atoms with E-state index in [-0.39, 0.29) is 0 Å². The maximum absolute atomic E-state index is 8.38. The van der Waals surface area contributed by atoms with Crippen molar-refractivity contribution in [1.29, 1.82) is 5.26 Å². The van der Waals surface area contributed by atoms with Crippen LogP contribution >= 0.6 is 0 Å². The summed E-state index contributed by atoms with van der Waals surface area (Å²) < 4.78 is 0. The highest BCUT2D eigenvalue weighted by molar-refractivity contribution is 5.87. The standard InChI is InChI=1S/C8H13N3/c1-6(2)7-3-4-10-8(7)11-5-9/h6-7H,3-4H2,1-2H3,(H,10,11). The number of nitrogens with one attached hydrogen (secondary N) is 1. The van der Waals surface area contributed by atoms with Gasteiger partial charge in [-0.3, -0.25) is 10.3 Å². The molecule has 0 fully saturated rings. The van der Waals surface area contributed by atoms with Crippen molar-refractivity contribution in [2.75, 3.05) is 6.54 Å². The summed E-state index contributed by atoms with van der Waals surface area (Å²) in [5.74, 6) is 1.93. The summed E-state index contributed by atoms with van der Waals surface area (Å²) in [4.78, 5) is 4.21. The molecule has 0 aromatic rings. The topological polar surface area (TPSA) is 48.2 Å². The van der Waals surface area contributed by atoms with Gasteiger partial charge in [-0.1, -0.05) is 13.8 Å². The number of amidine groups is 1. The molecule has 1 aliphatic rings. The number of rotatable bonds is 1. The fourth-order valence-corrected chi connectivity index (χ4v) is 1.42. The van der Waals surface area contributed by atoms with E-state index in [0.29, 0.717) is 11.8 Å². The van der Waals surface area contributed by atoms with Gasteiger partial charge in [0.1, 0.15) is 5.84 Å². The second-order valence-corrected chi connectivity index (χ2v) is 3.14. The Hall–Kier alpha value is -1.04. The Labute approximate surface area is 67.1 Å². The second kappa shape index (κ2) is 3.38. The first-order valence-electron chi connectivity index (χ1n) is 3.95. The number of hydrogen-bond donors (Lipinski definition) is 1. The van der Waals surface area contributed by atoms with E-state index < -0.39 is 0 Å². The van der Waals surface area contributed by atoms with Gasteiger partial charge in [0.15, 0.2) is 6.19 Å². The van der Waals surface area contributed by atoms with E-state index in [1.54, 1.807) is 0 Å². The van der Waals surface area contributed by atoms with Gasteiger partial charge >= 0.3 is 0 Å².